The number of H-pyrrole nitrogens is 2. The molecule has 2 fully saturated rings. The van der Waals surface area contributed by atoms with Crippen molar-refractivity contribution in [1.82, 2.24) is 38.9 Å². The van der Waals surface area contributed by atoms with E-state index in [2.05, 4.69) is 21.8 Å². The maximum absolute atomic E-state index is 13.3. The predicted octanol–water partition coefficient (Wildman–Crippen LogP) is 5.47. The SMILES string of the molecule is Cn1cccc1C(=O)N1CCC[C@H]1c1nc2cc(C#Cc3ccc4[nH]c([C@@H]5CCCN5C(=O)c5cccn5C)nc4c3)ccc2[nH]1. The normalized spacial score (nSPS) is 18.0. The van der Waals surface area contributed by atoms with Crippen LogP contribution in [0.15, 0.2) is 73.1 Å². The van der Waals surface area contributed by atoms with Crippen LogP contribution in [0, 0.1) is 11.8 Å². The fourth-order valence-corrected chi connectivity index (χ4v) is 6.92. The zero-order valence-corrected chi connectivity index (χ0v) is 25.8. The molecule has 0 unspecified atom stereocenters. The van der Waals surface area contributed by atoms with Gasteiger partial charge in [0.25, 0.3) is 11.8 Å². The molecule has 0 spiro atoms. The first-order chi connectivity index (χ1) is 22.4. The number of aryl methyl sites for hydroxylation is 2. The number of likely N-dealkylation sites (tertiary alicyclic amines) is 2. The van der Waals surface area contributed by atoms with Crippen molar-refractivity contribution in [2.75, 3.05) is 13.1 Å². The van der Waals surface area contributed by atoms with Gasteiger partial charge in [0, 0.05) is 50.7 Å². The van der Waals surface area contributed by atoms with Crippen molar-refractivity contribution in [3.8, 4) is 11.8 Å². The second-order valence-corrected chi connectivity index (χ2v) is 12.3. The smallest absolute Gasteiger partial charge is 0.271 e. The maximum atomic E-state index is 13.3. The van der Waals surface area contributed by atoms with E-state index in [0.717, 1.165) is 83.6 Å². The summed E-state index contributed by atoms with van der Waals surface area (Å²) in [7, 11) is 3.79. The largest absolute Gasteiger partial charge is 0.347 e. The Labute approximate surface area is 266 Å². The molecule has 10 nitrogen and oxygen atoms in total. The van der Waals surface area contributed by atoms with Crippen molar-refractivity contribution in [3.05, 3.63) is 107 Å². The van der Waals surface area contributed by atoms with Crippen LogP contribution < -0.4 is 0 Å². The standard InChI is InChI=1S/C36H34N8O2/c1-41-17-3-9-31(41)35(45)43-19-5-7-29(43)33-37-25-15-13-23(21-27(25)39-33)11-12-24-14-16-26-28(22-24)40-34(38-26)30-8-6-20-44(30)36(46)32-10-4-18-42(32)2/h3-4,9-10,13-18,21-22,29-30H,5-8,19-20H2,1-2H3,(H,37,39)(H,38,40)/t29-,30-/m0/s1. The minimum atomic E-state index is -0.0811. The zero-order valence-electron chi connectivity index (χ0n) is 25.8. The number of aromatic nitrogens is 6. The molecule has 2 aliphatic rings. The number of aromatic amines is 2. The Hall–Kier alpha value is -5.56. The highest BCUT2D eigenvalue weighted by Gasteiger charge is 2.34. The molecule has 2 saturated heterocycles. The Morgan fingerprint density at radius 3 is 1.57 bits per heavy atom. The van der Waals surface area contributed by atoms with Gasteiger partial charge in [-0.05, 0) is 86.3 Å². The lowest BCUT2D eigenvalue weighted by Gasteiger charge is -2.23. The number of nitrogens with zero attached hydrogens (tertiary/aromatic N) is 6. The molecule has 2 aromatic carbocycles. The Balaban J connectivity index is 1.01. The van der Waals surface area contributed by atoms with Gasteiger partial charge >= 0.3 is 0 Å². The summed E-state index contributed by atoms with van der Waals surface area (Å²) < 4.78 is 3.73. The van der Waals surface area contributed by atoms with Gasteiger partial charge in [0.2, 0.25) is 0 Å². The number of carbonyl (C=O) groups is 2. The molecule has 2 atom stereocenters. The molecule has 0 saturated carbocycles. The lowest BCUT2D eigenvalue weighted by molar-refractivity contribution is 0.0713. The molecule has 0 aliphatic carbocycles. The third-order valence-corrected chi connectivity index (χ3v) is 9.34. The Morgan fingerprint density at radius 1 is 0.696 bits per heavy atom. The lowest BCUT2D eigenvalue weighted by atomic mass is 10.1. The van der Waals surface area contributed by atoms with Crippen molar-refractivity contribution in [1.29, 1.82) is 0 Å². The highest BCUT2D eigenvalue weighted by Crippen LogP contribution is 2.34. The maximum Gasteiger partial charge on any atom is 0.271 e. The van der Waals surface area contributed by atoms with Crippen LogP contribution in [0.25, 0.3) is 22.1 Å². The van der Waals surface area contributed by atoms with Crippen LogP contribution in [-0.2, 0) is 14.1 Å². The Bertz CT molecular complexity index is 2030. The van der Waals surface area contributed by atoms with Gasteiger partial charge in [-0.25, -0.2) is 9.97 Å². The van der Waals surface area contributed by atoms with Crippen molar-refractivity contribution >= 4 is 33.9 Å². The van der Waals surface area contributed by atoms with Gasteiger partial charge in [-0.1, -0.05) is 11.8 Å². The van der Waals surface area contributed by atoms with Crippen LogP contribution in [0.4, 0.5) is 0 Å². The van der Waals surface area contributed by atoms with Gasteiger partial charge < -0.3 is 28.9 Å². The number of imidazole rings is 2. The van der Waals surface area contributed by atoms with E-state index in [1.807, 2.05) is 106 Å². The minimum Gasteiger partial charge on any atom is -0.347 e. The second kappa shape index (κ2) is 11.1. The van der Waals surface area contributed by atoms with Crippen LogP contribution >= 0.6 is 0 Å². The van der Waals surface area contributed by atoms with E-state index in [0.29, 0.717) is 11.4 Å². The summed E-state index contributed by atoms with van der Waals surface area (Å²) in [5.41, 5.74) is 6.60. The number of rotatable bonds is 4. The van der Waals surface area contributed by atoms with E-state index in [-0.39, 0.29) is 23.9 Å². The molecule has 10 heteroatoms. The molecular formula is C36H34N8O2. The topological polar surface area (TPSA) is 108 Å². The third kappa shape index (κ3) is 4.85. The van der Waals surface area contributed by atoms with E-state index in [4.69, 9.17) is 9.97 Å². The first-order valence-electron chi connectivity index (χ1n) is 15.8. The average molecular weight is 611 g/mol. The van der Waals surface area contributed by atoms with Crippen LogP contribution in [0.2, 0.25) is 0 Å². The van der Waals surface area contributed by atoms with Gasteiger partial charge in [0.15, 0.2) is 0 Å². The molecule has 6 aromatic rings. The number of nitrogens with one attached hydrogen (secondary N) is 2. The summed E-state index contributed by atoms with van der Waals surface area (Å²) >= 11 is 0. The monoisotopic (exact) mass is 610 g/mol. The van der Waals surface area contributed by atoms with Gasteiger partial charge in [-0.3, -0.25) is 9.59 Å². The quantitative estimate of drug-likeness (QED) is 0.258. The van der Waals surface area contributed by atoms with E-state index in [1.54, 1.807) is 0 Å². The Morgan fingerprint density at radius 2 is 1.15 bits per heavy atom. The van der Waals surface area contributed by atoms with E-state index in [9.17, 15) is 9.59 Å². The molecule has 6 heterocycles. The van der Waals surface area contributed by atoms with Crippen molar-refractivity contribution in [2.24, 2.45) is 14.1 Å². The summed E-state index contributed by atoms with van der Waals surface area (Å²) in [6.07, 6.45) is 7.44. The summed E-state index contributed by atoms with van der Waals surface area (Å²) in [4.78, 5) is 47.1. The van der Waals surface area contributed by atoms with Crippen molar-refractivity contribution in [2.45, 2.75) is 37.8 Å². The summed E-state index contributed by atoms with van der Waals surface area (Å²) in [5.74, 6) is 8.26. The molecular weight excluding hydrogens is 576 g/mol. The number of amides is 2. The highest BCUT2D eigenvalue weighted by atomic mass is 16.2. The molecule has 46 heavy (non-hydrogen) atoms. The van der Waals surface area contributed by atoms with Crippen LogP contribution in [0.3, 0.4) is 0 Å². The van der Waals surface area contributed by atoms with Crippen LogP contribution in [-0.4, -0.2) is 63.8 Å². The number of hydrogen-bond acceptors (Lipinski definition) is 4. The molecule has 0 radical (unpaired) electrons. The fourth-order valence-electron chi connectivity index (χ4n) is 6.92. The van der Waals surface area contributed by atoms with Crippen molar-refractivity contribution in [3.63, 3.8) is 0 Å². The second-order valence-electron chi connectivity index (χ2n) is 12.3. The molecule has 4 aromatic heterocycles. The predicted molar refractivity (Wildman–Crippen MR) is 175 cm³/mol. The van der Waals surface area contributed by atoms with Gasteiger partial charge in [-0.15, -0.1) is 0 Å². The molecule has 0 bridgehead atoms. The first-order valence-corrected chi connectivity index (χ1v) is 15.8. The number of fused-ring (bicyclic) bond motifs is 2. The average Bonchev–Trinajstić information content (AvgIpc) is 3.90. The first kappa shape index (κ1) is 28.0. The molecule has 8 rings (SSSR count). The molecule has 230 valence electrons. The molecule has 2 N–H and O–H groups in total. The molecule has 2 amide bonds. The zero-order chi connectivity index (χ0) is 31.4. The minimum absolute atomic E-state index is 0.0317. The van der Waals surface area contributed by atoms with Crippen molar-refractivity contribution < 1.29 is 9.59 Å². The summed E-state index contributed by atoms with van der Waals surface area (Å²) in [6.45, 7) is 1.43. The summed E-state index contributed by atoms with van der Waals surface area (Å²) in [5, 5.41) is 0. The van der Waals surface area contributed by atoms with E-state index in [1.165, 1.54) is 0 Å². The van der Waals surface area contributed by atoms with Gasteiger partial charge in [0.1, 0.15) is 23.0 Å². The van der Waals surface area contributed by atoms with Crippen LogP contribution in [0.1, 0.15) is 81.5 Å². The third-order valence-electron chi connectivity index (χ3n) is 9.34. The lowest BCUT2D eigenvalue weighted by Crippen LogP contribution is -2.32. The molecule has 2 aliphatic heterocycles. The van der Waals surface area contributed by atoms with E-state index >= 15 is 0 Å². The number of benzene rings is 2. The van der Waals surface area contributed by atoms with Gasteiger partial charge in [-0.2, -0.15) is 0 Å². The number of carbonyl (C=O) groups excluding carboxylic acids is 2. The fraction of sp³-hybridized carbons (Fsp3) is 0.278. The van der Waals surface area contributed by atoms with E-state index < -0.39 is 0 Å². The van der Waals surface area contributed by atoms with Gasteiger partial charge in [0.05, 0.1) is 34.2 Å². The summed E-state index contributed by atoms with van der Waals surface area (Å²) in [6, 6.07) is 19.3. The Kier molecular flexibility index (Phi) is 6.75. The number of hydrogen-bond donors (Lipinski definition) is 2. The highest BCUT2D eigenvalue weighted by molar-refractivity contribution is 5.94. The van der Waals surface area contributed by atoms with Crippen LogP contribution in [0.5, 0.6) is 0 Å².